The van der Waals surface area contributed by atoms with E-state index in [1.807, 2.05) is 0 Å². The molecule has 2 heterocycles. The van der Waals surface area contributed by atoms with Crippen LogP contribution < -0.4 is 5.32 Å². The average Bonchev–Trinajstić information content (AvgIpc) is 3.02. The zero-order valence-electron chi connectivity index (χ0n) is 12.2. The van der Waals surface area contributed by atoms with Gasteiger partial charge in [-0.1, -0.05) is 11.6 Å². The SMILES string of the molecule is Cc1c(Cl)c(C(F)(F)F)nn1CC(=O)N[C@@H](C)[C@@H]1CCCO1. The van der Waals surface area contributed by atoms with Crippen LogP contribution in [-0.2, 0) is 22.3 Å². The maximum atomic E-state index is 12.7. The van der Waals surface area contributed by atoms with Crippen LogP contribution >= 0.6 is 11.6 Å². The molecule has 1 aliphatic heterocycles. The molecule has 22 heavy (non-hydrogen) atoms. The van der Waals surface area contributed by atoms with E-state index in [4.69, 9.17) is 16.3 Å². The van der Waals surface area contributed by atoms with Crippen LogP contribution in [0.25, 0.3) is 0 Å². The van der Waals surface area contributed by atoms with Gasteiger partial charge < -0.3 is 10.1 Å². The highest BCUT2D eigenvalue weighted by Gasteiger charge is 2.38. The maximum Gasteiger partial charge on any atom is 0.436 e. The quantitative estimate of drug-likeness (QED) is 0.917. The van der Waals surface area contributed by atoms with Crippen LogP contribution in [0.3, 0.4) is 0 Å². The minimum atomic E-state index is -4.64. The Morgan fingerprint density at radius 2 is 2.27 bits per heavy atom. The number of alkyl halides is 3. The van der Waals surface area contributed by atoms with Crippen molar-refractivity contribution < 1.29 is 22.7 Å². The Morgan fingerprint density at radius 1 is 1.59 bits per heavy atom. The summed E-state index contributed by atoms with van der Waals surface area (Å²) in [7, 11) is 0. The summed E-state index contributed by atoms with van der Waals surface area (Å²) in [4.78, 5) is 12.0. The Kier molecular flexibility index (Phi) is 5.01. The maximum absolute atomic E-state index is 12.7. The lowest BCUT2D eigenvalue weighted by atomic mass is 10.1. The zero-order chi connectivity index (χ0) is 16.5. The highest BCUT2D eigenvalue weighted by atomic mass is 35.5. The van der Waals surface area contributed by atoms with Gasteiger partial charge in [0.15, 0.2) is 5.69 Å². The average molecular weight is 340 g/mol. The number of nitrogens with one attached hydrogen (secondary N) is 1. The fourth-order valence-corrected chi connectivity index (χ4v) is 2.63. The van der Waals surface area contributed by atoms with E-state index < -0.39 is 22.8 Å². The molecule has 1 amide bonds. The van der Waals surface area contributed by atoms with Gasteiger partial charge in [-0.25, -0.2) is 0 Å². The van der Waals surface area contributed by atoms with E-state index in [9.17, 15) is 18.0 Å². The van der Waals surface area contributed by atoms with E-state index in [0.29, 0.717) is 6.61 Å². The van der Waals surface area contributed by atoms with Gasteiger partial charge in [0, 0.05) is 6.61 Å². The summed E-state index contributed by atoms with van der Waals surface area (Å²) < 4.78 is 44.6. The van der Waals surface area contributed by atoms with Crippen molar-refractivity contribution in [2.45, 2.75) is 51.6 Å². The number of aromatic nitrogens is 2. The van der Waals surface area contributed by atoms with Crippen molar-refractivity contribution in [2.24, 2.45) is 0 Å². The molecule has 0 radical (unpaired) electrons. The van der Waals surface area contributed by atoms with E-state index in [0.717, 1.165) is 17.5 Å². The van der Waals surface area contributed by atoms with Gasteiger partial charge in [-0.05, 0) is 26.7 Å². The first-order valence-corrected chi connectivity index (χ1v) is 7.29. The van der Waals surface area contributed by atoms with Gasteiger partial charge in [0.1, 0.15) is 6.54 Å². The third-order valence-corrected chi connectivity index (χ3v) is 4.06. The molecule has 1 aliphatic rings. The Bertz CT molecular complexity index is 553. The highest BCUT2D eigenvalue weighted by Crippen LogP contribution is 2.35. The molecule has 2 atom stereocenters. The third kappa shape index (κ3) is 3.73. The molecule has 0 unspecified atom stereocenters. The van der Waals surface area contributed by atoms with Gasteiger partial charge in [-0.3, -0.25) is 9.48 Å². The van der Waals surface area contributed by atoms with Crippen molar-refractivity contribution in [1.29, 1.82) is 0 Å². The van der Waals surface area contributed by atoms with E-state index >= 15 is 0 Å². The van der Waals surface area contributed by atoms with Gasteiger partial charge in [-0.15, -0.1) is 0 Å². The molecule has 0 aromatic carbocycles. The van der Waals surface area contributed by atoms with Crippen molar-refractivity contribution in [3.63, 3.8) is 0 Å². The Balaban J connectivity index is 2.02. The Labute approximate surface area is 130 Å². The monoisotopic (exact) mass is 339 g/mol. The number of hydrogen-bond donors (Lipinski definition) is 1. The molecular weight excluding hydrogens is 323 g/mol. The Hall–Kier alpha value is -1.28. The van der Waals surface area contributed by atoms with Crippen molar-refractivity contribution >= 4 is 17.5 Å². The predicted molar refractivity (Wildman–Crippen MR) is 73.6 cm³/mol. The van der Waals surface area contributed by atoms with E-state index in [1.165, 1.54) is 6.92 Å². The molecule has 5 nitrogen and oxygen atoms in total. The number of hydrogen-bond acceptors (Lipinski definition) is 3. The third-order valence-electron chi connectivity index (χ3n) is 3.61. The molecule has 1 saturated heterocycles. The summed E-state index contributed by atoms with van der Waals surface area (Å²) in [5.74, 6) is -0.431. The molecule has 1 fully saturated rings. The highest BCUT2D eigenvalue weighted by molar-refractivity contribution is 6.32. The number of halogens is 4. The normalized spacial score (nSPS) is 20.2. The minimum Gasteiger partial charge on any atom is -0.376 e. The minimum absolute atomic E-state index is 0.0583. The molecule has 1 N–H and O–H groups in total. The number of nitrogens with zero attached hydrogens (tertiary/aromatic N) is 2. The lowest BCUT2D eigenvalue weighted by molar-refractivity contribution is -0.141. The number of carbonyl (C=O) groups is 1. The fraction of sp³-hybridized carbons (Fsp3) is 0.692. The first kappa shape index (κ1) is 17.1. The van der Waals surface area contributed by atoms with Gasteiger partial charge >= 0.3 is 6.18 Å². The molecule has 0 aliphatic carbocycles. The zero-order valence-corrected chi connectivity index (χ0v) is 13.0. The van der Waals surface area contributed by atoms with Crippen LogP contribution in [0.15, 0.2) is 0 Å². The summed E-state index contributed by atoms with van der Waals surface area (Å²) >= 11 is 5.64. The van der Waals surface area contributed by atoms with Gasteiger partial charge in [0.25, 0.3) is 0 Å². The lowest BCUT2D eigenvalue weighted by Crippen LogP contribution is -2.42. The smallest absolute Gasteiger partial charge is 0.376 e. The summed E-state index contributed by atoms with van der Waals surface area (Å²) in [6.07, 6.45) is -2.91. The van der Waals surface area contributed by atoms with Crippen LogP contribution in [0, 0.1) is 6.92 Å². The summed E-state index contributed by atoms with van der Waals surface area (Å²) in [6.45, 7) is 3.53. The number of carbonyl (C=O) groups excluding carboxylic acids is 1. The number of amides is 1. The summed E-state index contributed by atoms with van der Waals surface area (Å²) in [5.41, 5.74) is -1.07. The molecule has 9 heteroatoms. The van der Waals surface area contributed by atoms with E-state index in [1.54, 1.807) is 6.92 Å². The van der Waals surface area contributed by atoms with Crippen molar-refractivity contribution in [3.05, 3.63) is 16.4 Å². The van der Waals surface area contributed by atoms with Crippen LogP contribution in [0.1, 0.15) is 31.2 Å². The second-order valence-corrected chi connectivity index (χ2v) is 5.69. The fourth-order valence-electron chi connectivity index (χ4n) is 2.38. The van der Waals surface area contributed by atoms with Crippen LogP contribution in [0.5, 0.6) is 0 Å². The second-order valence-electron chi connectivity index (χ2n) is 5.31. The van der Waals surface area contributed by atoms with Gasteiger partial charge in [0.05, 0.1) is 22.9 Å². The molecular formula is C13H17ClF3N3O2. The van der Waals surface area contributed by atoms with Crippen LogP contribution in [0.4, 0.5) is 13.2 Å². The first-order chi connectivity index (χ1) is 10.2. The molecule has 1 aromatic rings. The van der Waals surface area contributed by atoms with Crippen LogP contribution in [-0.4, -0.2) is 34.4 Å². The molecule has 124 valence electrons. The largest absolute Gasteiger partial charge is 0.436 e. The van der Waals surface area contributed by atoms with Gasteiger partial charge in [-0.2, -0.15) is 18.3 Å². The Morgan fingerprint density at radius 3 is 2.77 bits per heavy atom. The predicted octanol–water partition coefficient (Wildman–Crippen LogP) is 2.55. The lowest BCUT2D eigenvalue weighted by Gasteiger charge is -2.20. The van der Waals surface area contributed by atoms with Crippen molar-refractivity contribution in [1.82, 2.24) is 15.1 Å². The number of rotatable bonds is 4. The molecule has 0 saturated carbocycles. The molecule has 1 aromatic heterocycles. The van der Waals surface area contributed by atoms with Crippen molar-refractivity contribution in [2.75, 3.05) is 6.61 Å². The summed E-state index contributed by atoms with van der Waals surface area (Å²) in [6, 6.07) is -0.205. The summed E-state index contributed by atoms with van der Waals surface area (Å²) in [5, 5.41) is 5.63. The standard InChI is InChI=1S/C13H17ClF3N3O2/c1-7(9-4-3-5-22-9)18-10(21)6-20-8(2)11(14)12(19-20)13(15,16)17/h7,9H,3-6H2,1-2H3,(H,18,21)/t7-,9-/m0/s1. The van der Waals surface area contributed by atoms with Gasteiger partial charge in [0.2, 0.25) is 5.91 Å². The molecule has 0 spiro atoms. The topological polar surface area (TPSA) is 56.2 Å². The van der Waals surface area contributed by atoms with E-state index in [-0.39, 0.29) is 24.4 Å². The second kappa shape index (κ2) is 6.45. The molecule has 2 rings (SSSR count). The number of ether oxygens (including phenoxy) is 1. The van der Waals surface area contributed by atoms with E-state index in [2.05, 4.69) is 10.4 Å². The van der Waals surface area contributed by atoms with Crippen molar-refractivity contribution in [3.8, 4) is 0 Å². The first-order valence-electron chi connectivity index (χ1n) is 6.91. The molecule has 0 bridgehead atoms. The van der Waals surface area contributed by atoms with Crippen LogP contribution in [0.2, 0.25) is 5.02 Å².